The van der Waals surface area contributed by atoms with Crippen LogP contribution in [0, 0.1) is 0 Å². The van der Waals surface area contributed by atoms with Gasteiger partial charge in [0.2, 0.25) is 0 Å². The molecule has 0 spiro atoms. The van der Waals surface area contributed by atoms with Crippen molar-refractivity contribution < 1.29 is 9.47 Å². The van der Waals surface area contributed by atoms with Crippen molar-refractivity contribution in [2.75, 3.05) is 26.8 Å². The van der Waals surface area contributed by atoms with E-state index in [9.17, 15) is 0 Å². The first-order valence-corrected chi connectivity index (χ1v) is 8.98. The minimum Gasteiger partial charge on any atom is -0.497 e. The Morgan fingerprint density at radius 3 is 2.81 bits per heavy atom. The van der Waals surface area contributed by atoms with Gasteiger partial charge >= 0.3 is 0 Å². The van der Waals surface area contributed by atoms with E-state index in [1.807, 2.05) is 31.2 Å². The zero-order valence-electron chi connectivity index (χ0n) is 15.7. The molecule has 0 aliphatic carbocycles. The highest BCUT2D eigenvalue weighted by Gasteiger charge is 2.15. The molecule has 1 unspecified atom stereocenters. The highest BCUT2D eigenvalue weighted by atomic mass is 127. The lowest BCUT2D eigenvalue weighted by molar-refractivity contribution is 0.114. The summed E-state index contributed by atoms with van der Waals surface area (Å²) in [4.78, 5) is 9.08. The normalized spacial score (nSPS) is 16.7. The first kappa shape index (κ1) is 21.4. The zero-order chi connectivity index (χ0) is 18.2. The number of aliphatic imine (C=N–C) groups is 1. The van der Waals surface area contributed by atoms with Crippen LogP contribution in [0.1, 0.15) is 25.6 Å². The first-order valence-electron chi connectivity index (χ1n) is 8.98. The van der Waals surface area contributed by atoms with E-state index in [0.29, 0.717) is 18.2 Å². The van der Waals surface area contributed by atoms with Crippen LogP contribution in [0.2, 0.25) is 0 Å². The minimum atomic E-state index is 0. The number of H-pyrrole nitrogens is 1. The van der Waals surface area contributed by atoms with E-state index in [2.05, 4.69) is 30.8 Å². The molecule has 0 amide bonds. The van der Waals surface area contributed by atoms with Gasteiger partial charge in [0.1, 0.15) is 18.1 Å². The fraction of sp³-hybridized carbons (Fsp3) is 0.500. The summed E-state index contributed by atoms with van der Waals surface area (Å²) in [6.07, 6.45) is 2.50. The van der Waals surface area contributed by atoms with Gasteiger partial charge in [-0.25, -0.2) is 9.98 Å². The average molecular weight is 486 g/mol. The van der Waals surface area contributed by atoms with E-state index in [1.54, 1.807) is 7.11 Å². The van der Waals surface area contributed by atoms with Gasteiger partial charge in [-0.3, -0.25) is 5.10 Å². The monoisotopic (exact) mass is 486 g/mol. The number of hydrogen-bond acceptors (Lipinski definition) is 5. The number of ether oxygens (including phenoxy) is 2. The molecule has 1 atom stereocenters. The fourth-order valence-electron chi connectivity index (χ4n) is 2.75. The molecular weight excluding hydrogens is 459 g/mol. The Hall–Kier alpha value is -1.88. The van der Waals surface area contributed by atoms with Gasteiger partial charge in [-0.2, -0.15) is 5.10 Å². The highest BCUT2D eigenvalue weighted by molar-refractivity contribution is 14.0. The zero-order valence-corrected chi connectivity index (χ0v) is 18.0. The molecular formula is C18H27IN6O2. The van der Waals surface area contributed by atoms with Crippen LogP contribution in [0.4, 0.5) is 0 Å². The number of nitrogens with zero attached hydrogens (tertiary/aromatic N) is 3. The minimum absolute atomic E-state index is 0. The number of rotatable bonds is 7. The second kappa shape index (κ2) is 11.1. The Kier molecular flexibility index (Phi) is 8.79. The Morgan fingerprint density at radius 2 is 2.15 bits per heavy atom. The number of benzene rings is 1. The van der Waals surface area contributed by atoms with Crippen LogP contribution >= 0.6 is 24.0 Å². The van der Waals surface area contributed by atoms with Crippen molar-refractivity contribution in [2.45, 2.75) is 32.4 Å². The largest absolute Gasteiger partial charge is 0.497 e. The molecule has 1 aliphatic rings. The van der Waals surface area contributed by atoms with E-state index >= 15 is 0 Å². The Bertz CT molecular complexity index is 713. The number of aromatic amines is 1. The summed E-state index contributed by atoms with van der Waals surface area (Å²) in [6, 6.07) is 7.65. The maximum Gasteiger partial charge on any atom is 0.191 e. The van der Waals surface area contributed by atoms with Gasteiger partial charge in [-0.05, 0) is 44.0 Å². The number of methoxy groups -OCH3 is 1. The van der Waals surface area contributed by atoms with E-state index in [-0.39, 0.29) is 30.1 Å². The smallest absolute Gasteiger partial charge is 0.191 e. The van der Waals surface area contributed by atoms with E-state index in [4.69, 9.17) is 9.47 Å². The molecule has 8 nitrogen and oxygen atoms in total. The number of hydrogen-bond donors (Lipinski definition) is 3. The molecule has 3 rings (SSSR count). The molecule has 3 N–H and O–H groups in total. The highest BCUT2D eigenvalue weighted by Crippen LogP contribution is 2.19. The standard InChI is InChI=1S/C18H26N6O2.HI/c1-3-19-18(20-11-15-5-4-10-26-15)21-12-16-22-17(24-23-16)13-6-8-14(25-2)9-7-13;/h6-9,15H,3-5,10-12H2,1-2H3,(H2,19,20,21)(H,22,23,24);1H. The molecule has 1 saturated heterocycles. The second-order valence-electron chi connectivity index (χ2n) is 6.05. The molecule has 0 bridgehead atoms. The van der Waals surface area contributed by atoms with Gasteiger partial charge in [0.25, 0.3) is 0 Å². The van der Waals surface area contributed by atoms with Crippen molar-refractivity contribution in [1.29, 1.82) is 0 Å². The molecule has 0 saturated carbocycles. The molecule has 1 aromatic carbocycles. The lowest BCUT2D eigenvalue weighted by Gasteiger charge is -2.14. The number of guanidine groups is 1. The van der Waals surface area contributed by atoms with Crippen LogP contribution in [0.3, 0.4) is 0 Å². The van der Waals surface area contributed by atoms with Crippen molar-refractivity contribution in [2.24, 2.45) is 4.99 Å². The van der Waals surface area contributed by atoms with Crippen molar-refractivity contribution in [3.8, 4) is 17.1 Å². The van der Waals surface area contributed by atoms with E-state index < -0.39 is 0 Å². The lowest BCUT2D eigenvalue weighted by atomic mass is 10.2. The summed E-state index contributed by atoms with van der Waals surface area (Å²) in [5, 5.41) is 13.8. The third-order valence-corrected chi connectivity index (χ3v) is 4.13. The SMILES string of the molecule is CCNC(=NCc1nc(-c2ccc(OC)cc2)n[nH]1)NCC1CCCO1.I. The topological polar surface area (TPSA) is 96.5 Å². The van der Waals surface area contributed by atoms with Gasteiger partial charge < -0.3 is 20.1 Å². The predicted molar refractivity (Wildman–Crippen MR) is 116 cm³/mol. The summed E-state index contributed by atoms with van der Waals surface area (Å²) in [6.45, 7) is 4.87. The van der Waals surface area contributed by atoms with Crippen LogP contribution in [0.25, 0.3) is 11.4 Å². The summed E-state index contributed by atoms with van der Waals surface area (Å²) < 4.78 is 10.8. The predicted octanol–water partition coefficient (Wildman–Crippen LogP) is 2.33. The quantitative estimate of drug-likeness (QED) is 0.316. The van der Waals surface area contributed by atoms with Gasteiger partial charge in [0, 0.05) is 25.3 Å². The third kappa shape index (κ3) is 6.35. The van der Waals surface area contributed by atoms with Gasteiger partial charge in [-0.1, -0.05) is 0 Å². The third-order valence-electron chi connectivity index (χ3n) is 4.13. The summed E-state index contributed by atoms with van der Waals surface area (Å²) in [7, 11) is 1.65. The summed E-state index contributed by atoms with van der Waals surface area (Å²) in [5.41, 5.74) is 0.931. The molecule has 1 fully saturated rings. The average Bonchev–Trinajstić information content (AvgIpc) is 3.36. The van der Waals surface area contributed by atoms with Crippen molar-refractivity contribution in [1.82, 2.24) is 25.8 Å². The number of halogens is 1. The summed E-state index contributed by atoms with van der Waals surface area (Å²) in [5.74, 6) is 2.92. The number of nitrogens with one attached hydrogen (secondary N) is 3. The van der Waals surface area contributed by atoms with E-state index in [0.717, 1.165) is 49.8 Å². The van der Waals surface area contributed by atoms with Crippen molar-refractivity contribution >= 4 is 29.9 Å². The summed E-state index contributed by atoms with van der Waals surface area (Å²) >= 11 is 0. The molecule has 9 heteroatoms. The van der Waals surface area contributed by atoms with Crippen LogP contribution in [-0.2, 0) is 11.3 Å². The van der Waals surface area contributed by atoms with Crippen LogP contribution in [0.15, 0.2) is 29.3 Å². The van der Waals surface area contributed by atoms with Gasteiger partial charge in [-0.15, -0.1) is 24.0 Å². The van der Waals surface area contributed by atoms with Crippen LogP contribution in [0.5, 0.6) is 5.75 Å². The van der Waals surface area contributed by atoms with E-state index in [1.165, 1.54) is 0 Å². The van der Waals surface area contributed by atoms with Crippen molar-refractivity contribution in [3.05, 3.63) is 30.1 Å². The molecule has 0 radical (unpaired) electrons. The Morgan fingerprint density at radius 1 is 1.33 bits per heavy atom. The molecule has 1 aromatic heterocycles. The molecule has 27 heavy (non-hydrogen) atoms. The van der Waals surface area contributed by atoms with Gasteiger partial charge in [0.15, 0.2) is 11.8 Å². The maximum absolute atomic E-state index is 5.63. The second-order valence-corrected chi connectivity index (χ2v) is 6.05. The van der Waals surface area contributed by atoms with Gasteiger partial charge in [0.05, 0.1) is 13.2 Å². The first-order chi connectivity index (χ1) is 12.8. The van der Waals surface area contributed by atoms with Crippen LogP contribution < -0.4 is 15.4 Å². The molecule has 2 heterocycles. The lowest BCUT2D eigenvalue weighted by Crippen LogP contribution is -2.41. The molecule has 2 aromatic rings. The maximum atomic E-state index is 5.63. The number of aromatic nitrogens is 3. The van der Waals surface area contributed by atoms with Crippen LogP contribution in [-0.4, -0.2) is 54.1 Å². The Balaban J connectivity index is 0.00000261. The molecule has 1 aliphatic heterocycles. The molecule has 148 valence electrons. The fourth-order valence-corrected chi connectivity index (χ4v) is 2.75. The van der Waals surface area contributed by atoms with Crippen molar-refractivity contribution in [3.63, 3.8) is 0 Å². The Labute approximate surface area is 176 Å².